The first-order valence-electron chi connectivity index (χ1n) is 8.23. The summed E-state index contributed by atoms with van der Waals surface area (Å²) in [5.41, 5.74) is 0.925. The number of hydrogen-bond donors (Lipinski definition) is 0. The first kappa shape index (κ1) is 17.0. The Morgan fingerprint density at radius 3 is 2.44 bits per heavy atom. The van der Waals surface area contributed by atoms with Crippen molar-refractivity contribution in [2.75, 3.05) is 7.11 Å². The SMILES string of the molecule is COc1ccc(/C=C/C(C)[C@@]2(C)N=C(c3ccccc3)OC2=O)cc1. The summed E-state index contributed by atoms with van der Waals surface area (Å²) >= 11 is 0. The predicted molar refractivity (Wildman–Crippen MR) is 98.7 cm³/mol. The van der Waals surface area contributed by atoms with E-state index in [-0.39, 0.29) is 11.9 Å². The lowest BCUT2D eigenvalue weighted by atomic mass is 9.87. The van der Waals surface area contributed by atoms with Crippen LogP contribution in [-0.2, 0) is 9.53 Å². The minimum Gasteiger partial charge on any atom is -0.497 e. The van der Waals surface area contributed by atoms with E-state index in [9.17, 15) is 4.79 Å². The maximum absolute atomic E-state index is 12.4. The van der Waals surface area contributed by atoms with Gasteiger partial charge in [-0.05, 0) is 36.8 Å². The molecular formula is C21H21NO3. The monoisotopic (exact) mass is 335 g/mol. The van der Waals surface area contributed by atoms with Crippen LogP contribution >= 0.6 is 0 Å². The highest BCUT2D eigenvalue weighted by molar-refractivity contribution is 6.08. The van der Waals surface area contributed by atoms with Crippen LogP contribution in [0, 0.1) is 5.92 Å². The number of rotatable bonds is 5. The summed E-state index contributed by atoms with van der Waals surface area (Å²) in [6.45, 7) is 3.78. The minimum absolute atomic E-state index is 0.108. The molecule has 2 aromatic carbocycles. The first-order chi connectivity index (χ1) is 12.0. The standard InChI is InChI=1S/C21H21NO3/c1-15(9-10-16-11-13-18(24-3)14-12-16)21(2)20(23)25-19(22-21)17-7-5-4-6-8-17/h4-15H,1-3H3/b10-9+/t15?,21-/m1/s1. The van der Waals surface area contributed by atoms with Crippen molar-refractivity contribution in [3.63, 3.8) is 0 Å². The predicted octanol–water partition coefficient (Wildman–Crippen LogP) is 4.11. The zero-order valence-electron chi connectivity index (χ0n) is 14.6. The van der Waals surface area contributed by atoms with Gasteiger partial charge in [-0.25, -0.2) is 9.79 Å². The van der Waals surface area contributed by atoms with Crippen LogP contribution in [0.25, 0.3) is 6.08 Å². The smallest absolute Gasteiger partial charge is 0.341 e. The van der Waals surface area contributed by atoms with E-state index in [4.69, 9.17) is 9.47 Å². The molecule has 2 aromatic rings. The van der Waals surface area contributed by atoms with Crippen LogP contribution in [0.3, 0.4) is 0 Å². The van der Waals surface area contributed by atoms with Gasteiger partial charge in [-0.2, -0.15) is 0 Å². The molecule has 25 heavy (non-hydrogen) atoms. The summed E-state index contributed by atoms with van der Waals surface area (Å²) in [6.07, 6.45) is 3.97. The van der Waals surface area contributed by atoms with Gasteiger partial charge in [0.15, 0.2) is 5.54 Å². The summed E-state index contributed by atoms with van der Waals surface area (Å²) in [5, 5.41) is 0. The van der Waals surface area contributed by atoms with E-state index in [1.807, 2.05) is 80.6 Å². The third kappa shape index (κ3) is 3.48. The van der Waals surface area contributed by atoms with Gasteiger partial charge in [0, 0.05) is 11.5 Å². The van der Waals surface area contributed by atoms with E-state index in [1.165, 1.54) is 0 Å². The summed E-state index contributed by atoms with van der Waals surface area (Å²) in [7, 11) is 1.64. The molecule has 1 unspecified atom stereocenters. The Bertz CT molecular complexity index is 809. The molecule has 4 nitrogen and oxygen atoms in total. The molecule has 0 fully saturated rings. The Kier molecular flexibility index (Phi) is 4.70. The fourth-order valence-electron chi connectivity index (χ4n) is 2.62. The molecule has 3 rings (SSSR count). The number of nitrogens with zero attached hydrogens (tertiary/aromatic N) is 1. The Morgan fingerprint density at radius 1 is 1.12 bits per heavy atom. The van der Waals surface area contributed by atoms with Gasteiger partial charge in [0.1, 0.15) is 5.75 Å². The highest BCUT2D eigenvalue weighted by Gasteiger charge is 2.45. The quantitative estimate of drug-likeness (QED) is 0.773. The second kappa shape index (κ2) is 6.93. The molecule has 4 heteroatoms. The van der Waals surface area contributed by atoms with E-state index < -0.39 is 5.54 Å². The number of carbonyl (C=O) groups is 1. The average molecular weight is 335 g/mol. The van der Waals surface area contributed by atoms with Gasteiger partial charge in [-0.3, -0.25) is 0 Å². The second-order valence-corrected chi connectivity index (χ2v) is 6.24. The van der Waals surface area contributed by atoms with Crippen molar-refractivity contribution in [2.45, 2.75) is 19.4 Å². The van der Waals surface area contributed by atoms with Gasteiger partial charge in [-0.15, -0.1) is 0 Å². The molecule has 0 aliphatic carbocycles. The van der Waals surface area contributed by atoms with Crippen molar-refractivity contribution >= 4 is 17.9 Å². The molecule has 2 atom stereocenters. The number of ether oxygens (including phenoxy) is 2. The normalized spacial score (nSPS) is 21.1. The van der Waals surface area contributed by atoms with Crippen LogP contribution in [0.15, 0.2) is 65.7 Å². The molecular weight excluding hydrogens is 314 g/mol. The van der Waals surface area contributed by atoms with Gasteiger partial charge in [0.2, 0.25) is 5.90 Å². The molecule has 1 aliphatic heterocycles. The Balaban J connectivity index is 1.80. The summed E-state index contributed by atoms with van der Waals surface area (Å²) < 4.78 is 10.6. The molecule has 0 bridgehead atoms. The van der Waals surface area contributed by atoms with E-state index >= 15 is 0 Å². The number of benzene rings is 2. The highest BCUT2D eigenvalue weighted by atomic mass is 16.6. The fourth-order valence-corrected chi connectivity index (χ4v) is 2.62. The fraction of sp³-hybridized carbons (Fsp3) is 0.238. The molecule has 1 heterocycles. The molecule has 1 aliphatic rings. The average Bonchev–Trinajstić information content (AvgIpc) is 2.97. The van der Waals surface area contributed by atoms with E-state index in [2.05, 4.69) is 4.99 Å². The lowest BCUT2D eigenvalue weighted by Gasteiger charge is -2.21. The van der Waals surface area contributed by atoms with Crippen LogP contribution in [0.1, 0.15) is 25.0 Å². The van der Waals surface area contributed by atoms with Crippen molar-refractivity contribution in [3.8, 4) is 5.75 Å². The lowest BCUT2D eigenvalue weighted by molar-refractivity contribution is -0.139. The number of carbonyl (C=O) groups excluding carboxylic acids is 1. The number of cyclic esters (lactones) is 1. The molecule has 0 aromatic heterocycles. The molecule has 0 saturated carbocycles. The maximum Gasteiger partial charge on any atom is 0.341 e. The first-order valence-corrected chi connectivity index (χ1v) is 8.23. The molecule has 0 radical (unpaired) electrons. The van der Waals surface area contributed by atoms with Crippen LogP contribution in [0.4, 0.5) is 0 Å². The zero-order chi connectivity index (χ0) is 17.9. The minimum atomic E-state index is -0.922. The van der Waals surface area contributed by atoms with Crippen molar-refractivity contribution < 1.29 is 14.3 Å². The van der Waals surface area contributed by atoms with Crippen molar-refractivity contribution in [2.24, 2.45) is 10.9 Å². The van der Waals surface area contributed by atoms with Crippen molar-refractivity contribution in [3.05, 3.63) is 71.8 Å². The number of esters is 1. The highest BCUT2D eigenvalue weighted by Crippen LogP contribution is 2.31. The van der Waals surface area contributed by atoms with Gasteiger partial charge in [0.05, 0.1) is 7.11 Å². The Labute approximate surface area is 147 Å². The van der Waals surface area contributed by atoms with E-state index in [0.717, 1.165) is 16.9 Å². The van der Waals surface area contributed by atoms with Gasteiger partial charge in [-0.1, -0.05) is 49.4 Å². The molecule has 0 N–H and O–H groups in total. The number of hydrogen-bond acceptors (Lipinski definition) is 4. The van der Waals surface area contributed by atoms with E-state index in [1.54, 1.807) is 7.11 Å². The number of methoxy groups -OCH3 is 1. The van der Waals surface area contributed by atoms with Gasteiger partial charge >= 0.3 is 5.97 Å². The number of aliphatic imine (C=N–C) groups is 1. The van der Waals surface area contributed by atoms with Gasteiger partial charge < -0.3 is 9.47 Å². The summed E-state index contributed by atoms with van der Waals surface area (Å²) in [6, 6.07) is 17.2. The summed E-state index contributed by atoms with van der Waals surface area (Å²) in [4.78, 5) is 17.0. The largest absolute Gasteiger partial charge is 0.497 e. The van der Waals surface area contributed by atoms with Crippen LogP contribution in [-0.4, -0.2) is 24.5 Å². The Hall–Kier alpha value is -2.88. The van der Waals surface area contributed by atoms with Gasteiger partial charge in [0.25, 0.3) is 0 Å². The molecule has 0 amide bonds. The third-order valence-electron chi connectivity index (χ3n) is 4.54. The van der Waals surface area contributed by atoms with Crippen LogP contribution in [0.2, 0.25) is 0 Å². The zero-order valence-corrected chi connectivity index (χ0v) is 14.6. The third-order valence-corrected chi connectivity index (χ3v) is 4.54. The van der Waals surface area contributed by atoms with Crippen molar-refractivity contribution in [1.82, 2.24) is 0 Å². The second-order valence-electron chi connectivity index (χ2n) is 6.24. The van der Waals surface area contributed by atoms with E-state index in [0.29, 0.717) is 5.90 Å². The van der Waals surface area contributed by atoms with Crippen molar-refractivity contribution in [1.29, 1.82) is 0 Å². The van der Waals surface area contributed by atoms with Crippen LogP contribution < -0.4 is 4.74 Å². The Morgan fingerprint density at radius 2 is 1.80 bits per heavy atom. The molecule has 0 saturated heterocycles. The summed E-state index contributed by atoms with van der Waals surface area (Å²) in [5.74, 6) is 0.771. The van der Waals surface area contributed by atoms with Crippen LogP contribution in [0.5, 0.6) is 5.75 Å². The molecule has 0 spiro atoms. The lowest BCUT2D eigenvalue weighted by Crippen LogP contribution is -2.36. The molecule has 128 valence electrons. The topological polar surface area (TPSA) is 47.9 Å². The maximum atomic E-state index is 12.4.